The summed E-state index contributed by atoms with van der Waals surface area (Å²) in [5.41, 5.74) is 1.76. The molecule has 2 aromatic carbocycles. The fourth-order valence-corrected chi connectivity index (χ4v) is 2.84. The maximum absolute atomic E-state index is 12.1. The quantitative estimate of drug-likeness (QED) is 0.743. The van der Waals surface area contributed by atoms with Gasteiger partial charge in [-0.05, 0) is 36.8 Å². The first-order valence-corrected chi connectivity index (χ1v) is 8.40. The number of hydrogen-bond donors (Lipinski definition) is 1. The zero-order valence-electron chi connectivity index (χ0n) is 13.2. The van der Waals surface area contributed by atoms with Crippen LogP contribution in [0.3, 0.4) is 0 Å². The lowest BCUT2D eigenvalue weighted by molar-refractivity contribution is 0.102. The molecule has 1 heterocycles. The van der Waals surface area contributed by atoms with Crippen LogP contribution in [0.2, 0.25) is 0 Å². The molecule has 0 spiro atoms. The van der Waals surface area contributed by atoms with Crippen LogP contribution >= 0.6 is 11.3 Å². The average Bonchev–Trinajstić information content (AvgIpc) is 3.03. The van der Waals surface area contributed by atoms with Gasteiger partial charge in [-0.15, -0.1) is 10.2 Å². The van der Waals surface area contributed by atoms with Gasteiger partial charge in [0.05, 0.1) is 6.61 Å². The van der Waals surface area contributed by atoms with Crippen LogP contribution in [0.5, 0.6) is 5.75 Å². The van der Waals surface area contributed by atoms with Gasteiger partial charge in [-0.3, -0.25) is 10.1 Å². The maximum atomic E-state index is 12.1. The third-order valence-corrected chi connectivity index (χ3v) is 4.20. The second kappa shape index (κ2) is 7.70. The lowest BCUT2D eigenvalue weighted by atomic mass is 10.2. The van der Waals surface area contributed by atoms with Gasteiger partial charge in [0.2, 0.25) is 5.13 Å². The molecule has 0 atom stereocenters. The number of hydrogen-bond acceptors (Lipinski definition) is 5. The summed E-state index contributed by atoms with van der Waals surface area (Å²) in [5, 5.41) is 12.2. The lowest BCUT2D eigenvalue weighted by Gasteiger charge is -2.04. The summed E-state index contributed by atoms with van der Waals surface area (Å²) >= 11 is 1.36. The molecule has 122 valence electrons. The molecule has 6 heteroatoms. The van der Waals surface area contributed by atoms with Crippen molar-refractivity contribution >= 4 is 22.4 Å². The molecule has 24 heavy (non-hydrogen) atoms. The van der Waals surface area contributed by atoms with Crippen LogP contribution in [0.15, 0.2) is 54.6 Å². The SMILES string of the molecule is Cc1cccc(OCCc2nnc(NC(=O)c3ccccc3)s2)c1. The van der Waals surface area contributed by atoms with Crippen LogP contribution in [-0.4, -0.2) is 22.7 Å². The van der Waals surface area contributed by atoms with Crippen LogP contribution in [-0.2, 0) is 6.42 Å². The minimum Gasteiger partial charge on any atom is -0.493 e. The monoisotopic (exact) mass is 339 g/mol. The summed E-state index contributed by atoms with van der Waals surface area (Å²) in [5.74, 6) is 0.659. The molecule has 0 unspecified atom stereocenters. The molecule has 5 nitrogen and oxygen atoms in total. The summed E-state index contributed by atoms with van der Waals surface area (Å²) in [6, 6.07) is 16.9. The highest BCUT2D eigenvalue weighted by Gasteiger charge is 2.10. The number of carbonyl (C=O) groups excluding carboxylic acids is 1. The molecular weight excluding hydrogens is 322 g/mol. The second-order valence-corrected chi connectivity index (χ2v) is 6.30. The Morgan fingerprint density at radius 1 is 1.12 bits per heavy atom. The van der Waals surface area contributed by atoms with Gasteiger partial charge in [-0.2, -0.15) is 0 Å². The Kier molecular flexibility index (Phi) is 5.18. The molecule has 3 aromatic rings. The van der Waals surface area contributed by atoms with E-state index in [0.717, 1.165) is 16.3 Å². The number of carbonyl (C=O) groups is 1. The largest absolute Gasteiger partial charge is 0.493 e. The third kappa shape index (κ3) is 4.39. The second-order valence-electron chi connectivity index (χ2n) is 5.24. The summed E-state index contributed by atoms with van der Waals surface area (Å²) < 4.78 is 5.70. The number of aryl methyl sites for hydroxylation is 1. The smallest absolute Gasteiger partial charge is 0.257 e. The average molecular weight is 339 g/mol. The minimum absolute atomic E-state index is 0.186. The number of aromatic nitrogens is 2. The molecule has 0 saturated heterocycles. The molecule has 0 aliphatic rings. The highest BCUT2D eigenvalue weighted by atomic mass is 32.1. The Bertz CT molecular complexity index is 818. The Morgan fingerprint density at radius 2 is 1.96 bits per heavy atom. The van der Waals surface area contributed by atoms with Gasteiger partial charge >= 0.3 is 0 Å². The number of nitrogens with one attached hydrogen (secondary N) is 1. The van der Waals surface area contributed by atoms with Crippen molar-refractivity contribution in [2.24, 2.45) is 0 Å². The van der Waals surface area contributed by atoms with Gasteiger partial charge in [-0.25, -0.2) is 0 Å². The molecular formula is C18H17N3O2S. The molecule has 1 aromatic heterocycles. The van der Waals surface area contributed by atoms with Crippen LogP contribution in [0.1, 0.15) is 20.9 Å². The first-order valence-electron chi connectivity index (χ1n) is 7.59. The van der Waals surface area contributed by atoms with Crippen molar-refractivity contribution in [2.45, 2.75) is 13.3 Å². The van der Waals surface area contributed by atoms with E-state index in [1.165, 1.54) is 11.3 Å². The third-order valence-electron chi connectivity index (χ3n) is 3.30. The van der Waals surface area contributed by atoms with E-state index >= 15 is 0 Å². The standard InChI is InChI=1S/C18H17N3O2S/c1-13-6-5-9-15(12-13)23-11-10-16-20-21-18(24-16)19-17(22)14-7-3-2-4-8-14/h2-9,12H,10-11H2,1H3,(H,19,21,22). The maximum Gasteiger partial charge on any atom is 0.257 e. The number of benzene rings is 2. The molecule has 0 aliphatic carbocycles. The topological polar surface area (TPSA) is 64.1 Å². The first kappa shape index (κ1) is 16.1. The molecule has 0 aliphatic heterocycles. The summed E-state index contributed by atoms with van der Waals surface area (Å²) in [7, 11) is 0. The van der Waals surface area contributed by atoms with Crippen molar-refractivity contribution in [3.63, 3.8) is 0 Å². The summed E-state index contributed by atoms with van der Waals surface area (Å²) in [4.78, 5) is 12.1. The first-order chi connectivity index (χ1) is 11.7. The zero-order chi connectivity index (χ0) is 16.8. The van der Waals surface area contributed by atoms with Gasteiger partial charge in [-0.1, -0.05) is 41.7 Å². The van der Waals surface area contributed by atoms with Crippen molar-refractivity contribution < 1.29 is 9.53 Å². The van der Waals surface area contributed by atoms with Crippen LogP contribution in [0.4, 0.5) is 5.13 Å². The molecule has 3 rings (SSSR count). The highest BCUT2D eigenvalue weighted by molar-refractivity contribution is 7.15. The molecule has 1 N–H and O–H groups in total. The van der Waals surface area contributed by atoms with Gasteiger partial charge < -0.3 is 4.74 Å². The molecule has 0 saturated carbocycles. The number of amides is 1. The normalized spacial score (nSPS) is 10.4. The molecule has 1 amide bonds. The number of ether oxygens (including phenoxy) is 1. The number of rotatable bonds is 6. The van der Waals surface area contributed by atoms with E-state index in [9.17, 15) is 4.79 Å². The van der Waals surface area contributed by atoms with Gasteiger partial charge in [0.15, 0.2) is 0 Å². The fraction of sp³-hybridized carbons (Fsp3) is 0.167. The molecule has 0 radical (unpaired) electrons. The summed E-state index contributed by atoms with van der Waals surface area (Å²) in [6.07, 6.45) is 0.646. The number of anilines is 1. The van der Waals surface area contributed by atoms with Crippen molar-refractivity contribution in [3.05, 3.63) is 70.7 Å². The van der Waals surface area contributed by atoms with Crippen LogP contribution < -0.4 is 10.1 Å². The predicted molar refractivity (Wildman–Crippen MR) is 94.7 cm³/mol. The predicted octanol–water partition coefficient (Wildman–Crippen LogP) is 3.72. The van der Waals surface area contributed by atoms with E-state index in [4.69, 9.17) is 4.74 Å². The number of nitrogens with zero attached hydrogens (tertiary/aromatic N) is 2. The van der Waals surface area contributed by atoms with Gasteiger partial charge in [0.25, 0.3) is 5.91 Å². The summed E-state index contributed by atoms with van der Waals surface area (Å²) in [6.45, 7) is 2.55. The highest BCUT2D eigenvalue weighted by Crippen LogP contribution is 2.18. The molecule has 0 fully saturated rings. The minimum atomic E-state index is -0.186. The van der Waals surface area contributed by atoms with E-state index in [0.29, 0.717) is 23.7 Å². The van der Waals surface area contributed by atoms with E-state index in [2.05, 4.69) is 15.5 Å². The Hall–Kier alpha value is -2.73. The molecule has 0 bridgehead atoms. The van der Waals surface area contributed by atoms with E-state index in [-0.39, 0.29) is 5.91 Å². The van der Waals surface area contributed by atoms with E-state index < -0.39 is 0 Å². The van der Waals surface area contributed by atoms with Crippen molar-refractivity contribution in [1.82, 2.24) is 10.2 Å². The fourth-order valence-electron chi connectivity index (χ4n) is 2.13. The lowest BCUT2D eigenvalue weighted by Crippen LogP contribution is -2.11. The van der Waals surface area contributed by atoms with E-state index in [1.807, 2.05) is 49.4 Å². The Morgan fingerprint density at radius 3 is 2.75 bits per heavy atom. The van der Waals surface area contributed by atoms with Crippen molar-refractivity contribution in [1.29, 1.82) is 0 Å². The van der Waals surface area contributed by atoms with E-state index in [1.54, 1.807) is 12.1 Å². The van der Waals surface area contributed by atoms with Gasteiger partial charge in [0, 0.05) is 12.0 Å². The van der Waals surface area contributed by atoms with Gasteiger partial charge in [0.1, 0.15) is 10.8 Å². The zero-order valence-corrected chi connectivity index (χ0v) is 14.0. The van der Waals surface area contributed by atoms with Crippen molar-refractivity contribution in [2.75, 3.05) is 11.9 Å². The van der Waals surface area contributed by atoms with Crippen LogP contribution in [0.25, 0.3) is 0 Å². The van der Waals surface area contributed by atoms with Crippen LogP contribution in [0, 0.1) is 6.92 Å². The van der Waals surface area contributed by atoms with Crippen molar-refractivity contribution in [3.8, 4) is 5.75 Å². The Balaban J connectivity index is 1.51. The Labute approximate surface area is 144 Å².